The quantitative estimate of drug-likeness (QED) is 0.195. The summed E-state index contributed by atoms with van der Waals surface area (Å²) in [6, 6.07) is 22.7. The van der Waals surface area contributed by atoms with Gasteiger partial charge >= 0.3 is 0 Å². The van der Waals surface area contributed by atoms with Crippen LogP contribution in [0.3, 0.4) is 0 Å². The molecule has 6 heterocycles. The predicted molar refractivity (Wildman–Crippen MR) is 215 cm³/mol. The van der Waals surface area contributed by atoms with Crippen LogP contribution in [0.15, 0.2) is 91.4 Å². The van der Waals surface area contributed by atoms with Gasteiger partial charge in [-0.15, -0.1) is 0 Å². The normalized spacial score (nSPS) is 17.7. The van der Waals surface area contributed by atoms with Crippen molar-refractivity contribution in [3.05, 3.63) is 125 Å². The van der Waals surface area contributed by atoms with Crippen molar-refractivity contribution in [1.29, 1.82) is 0 Å². The summed E-state index contributed by atoms with van der Waals surface area (Å²) in [4.78, 5) is 41.2. The van der Waals surface area contributed by atoms with Crippen LogP contribution in [0.1, 0.15) is 55.9 Å². The highest BCUT2D eigenvalue weighted by molar-refractivity contribution is 6.12. The minimum Gasteiger partial charge on any atom is -0.508 e. The van der Waals surface area contributed by atoms with Crippen LogP contribution in [-0.4, -0.2) is 86.5 Å². The number of hydrogen-bond donors (Lipinski definition) is 1. The molecule has 10 rings (SSSR count). The van der Waals surface area contributed by atoms with E-state index in [1.807, 2.05) is 59.2 Å². The first-order valence-corrected chi connectivity index (χ1v) is 19.8. The van der Waals surface area contributed by atoms with Crippen molar-refractivity contribution in [2.45, 2.75) is 44.7 Å². The number of carbonyl (C=O) groups is 2. The van der Waals surface area contributed by atoms with E-state index < -0.39 is 0 Å². The van der Waals surface area contributed by atoms with E-state index in [0.717, 1.165) is 79.6 Å². The maximum atomic E-state index is 15.2. The Labute approximate surface area is 330 Å². The number of nitrogens with zero attached hydrogens (tertiary/aromatic N) is 6. The highest BCUT2D eigenvalue weighted by Crippen LogP contribution is 2.41. The number of rotatable bonds is 7. The van der Waals surface area contributed by atoms with Gasteiger partial charge in [0, 0.05) is 74.5 Å². The minimum absolute atomic E-state index is 0.0473. The third-order valence-corrected chi connectivity index (χ3v) is 12.0. The monoisotopic (exact) mass is 764 g/mol. The molecule has 1 aliphatic carbocycles. The van der Waals surface area contributed by atoms with Crippen molar-refractivity contribution in [1.82, 2.24) is 23.9 Å². The van der Waals surface area contributed by atoms with E-state index >= 15 is 9.59 Å². The molecule has 1 fully saturated rings. The number of aromatic nitrogens is 3. The number of hydrogen-bond acceptors (Lipinski definition) is 8. The largest absolute Gasteiger partial charge is 0.508 e. The molecule has 3 aliphatic heterocycles. The van der Waals surface area contributed by atoms with Crippen molar-refractivity contribution >= 4 is 34.2 Å². The summed E-state index contributed by atoms with van der Waals surface area (Å²) in [5.74, 6) is 0.894. The summed E-state index contributed by atoms with van der Waals surface area (Å²) >= 11 is 0. The Bertz CT molecular complexity index is 2520. The van der Waals surface area contributed by atoms with Crippen LogP contribution < -0.4 is 14.4 Å². The van der Waals surface area contributed by atoms with Gasteiger partial charge in [0.15, 0.2) is 11.5 Å². The van der Waals surface area contributed by atoms with E-state index in [2.05, 4.69) is 27.7 Å². The molecular weight excluding hydrogens is 721 g/mol. The lowest BCUT2D eigenvalue weighted by molar-refractivity contribution is 0.0192. The molecule has 290 valence electrons. The molecule has 12 heteroatoms. The van der Waals surface area contributed by atoms with Gasteiger partial charge in [0.05, 0.1) is 41.9 Å². The predicted octanol–water partition coefficient (Wildman–Crippen LogP) is 6.55. The number of morpholine rings is 1. The van der Waals surface area contributed by atoms with Gasteiger partial charge in [0.25, 0.3) is 11.8 Å². The molecule has 0 spiro atoms. The summed E-state index contributed by atoms with van der Waals surface area (Å²) in [6.07, 6.45) is 9.70. The lowest BCUT2D eigenvalue weighted by Gasteiger charge is -2.40. The van der Waals surface area contributed by atoms with Crippen LogP contribution in [0.4, 0.5) is 11.4 Å². The number of pyridine rings is 1. The zero-order valence-electron chi connectivity index (χ0n) is 31.9. The molecule has 3 aromatic carbocycles. The third kappa shape index (κ3) is 6.38. The van der Waals surface area contributed by atoms with Crippen LogP contribution in [0.5, 0.6) is 17.2 Å². The zero-order valence-corrected chi connectivity index (χ0v) is 31.9. The Morgan fingerprint density at radius 3 is 2.49 bits per heavy atom. The molecule has 12 nitrogen and oxygen atoms in total. The fourth-order valence-electron chi connectivity index (χ4n) is 9.03. The van der Waals surface area contributed by atoms with Crippen molar-refractivity contribution in [2.24, 2.45) is 7.05 Å². The van der Waals surface area contributed by atoms with Crippen molar-refractivity contribution in [3.63, 3.8) is 0 Å². The van der Waals surface area contributed by atoms with Gasteiger partial charge in [-0.25, -0.2) is 4.98 Å². The Balaban J connectivity index is 1.09. The Hall–Kier alpha value is -6.11. The summed E-state index contributed by atoms with van der Waals surface area (Å²) in [6.45, 7) is 4.34. The third-order valence-electron chi connectivity index (χ3n) is 12.0. The summed E-state index contributed by atoms with van der Waals surface area (Å²) < 4.78 is 21.5. The Morgan fingerprint density at radius 1 is 0.895 bits per heavy atom. The first-order valence-electron chi connectivity index (χ1n) is 19.8. The first kappa shape index (κ1) is 35.3. The molecule has 6 aromatic rings. The highest BCUT2D eigenvalue weighted by Gasteiger charge is 2.36. The molecule has 3 aromatic heterocycles. The summed E-state index contributed by atoms with van der Waals surface area (Å²) in [5.41, 5.74) is 8.13. The molecule has 1 atom stereocenters. The molecule has 0 saturated carbocycles. The number of amides is 2. The van der Waals surface area contributed by atoms with E-state index in [9.17, 15) is 5.11 Å². The minimum atomic E-state index is -0.221. The average Bonchev–Trinajstić information content (AvgIpc) is 3.97. The van der Waals surface area contributed by atoms with Gasteiger partial charge in [0.1, 0.15) is 11.4 Å². The van der Waals surface area contributed by atoms with E-state index in [0.29, 0.717) is 59.4 Å². The van der Waals surface area contributed by atoms with Crippen molar-refractivity contribution < 1.29 is 28.9 Å². The number of phenolic OH excluding ortho intramolecular Hbond substituents is 1. The zero-order chi connectivity index (χ0) is 38.6. The number of anilines is 2. The molecule has 0 radical (unpaired) electrons. The molecule has 1 saturated heterocycles. The van der Waals surface area contributed by atoms with Gasteiger partial charge in [0.2, 0.25) is 6.79 Å². The number of phenols is 1. The number of ether oxygens (including phenoxy) is 3. The van der Waals surface area contributed by atoms with Gasteiger partial charge in [-0.2, -0.15) is 0 Å². The van der Waals surface area contributed by atoms with Crippen LogP contribution in [0, 0.1) is 0 Å². The van der Waals surface area contributed by atoms with Gasteiger partial charge in [-0.3, -0.25) is 19.4 Å². The van der Waals surface area contributed by atoms with Gasteiger partial charge in [-0.1, -0.05) is 24.3 Å². The number of fused-ring (bicyclic) bond motifs is 4. The van der Waals surface area contributed by atoms with E-state index in [1.54, 1.807) is 35.4 Å². The van der Waals surface area contributed by atoms with Crippen molar-refractivity contribution in [2.75, 3.05) is 44.5 Å². The average molecular weight is 765 g/mol. The Morgan fingerprint density at radius 2 is 1.67 bits per heavy atom. The molecule has 0 bridgehead atoms. The van der Waals surface area contributed by atoms with Crippen LogP contribution >= 0.6 is 0 Å². The summed E-state index contributed by atoms with van der Waals surface area (Å²) in [5, 5.41) is 11.1. The maximum absolute atomic E-state index is 15.2. The summed E-state index contributed by atoms with van der Waals surface area (Å²) in [7, 11) is 1.94. The van der Waals surface area contributed by atoms with E-state index in [1.165, 1.54) is 5.56 Å². The van der Waals surface area contributed by atoms with Crippen LogP contribution in [-0.2, 0) is 37.6 Å². The van der Waals surface area contributed by atoms with Crippen LogP contribution in [0.25, 0.3) is 16.7 Å². The lowest BCUT2D eigenvalue weighted by atomic mass is 9.92. The van der Waals surface area contributed by atoms with E-state index in [-0.39, 0.29) is 30.4 Å². The number of benzene rings is 3. The molecule has 4 aliphatic rings. The molecule has 0 unspecified atom stereocenters. The van der Waals surface area contributed by atoms with Gasteiger partial charge in [-0.05, 0) is 91.3 Å². The second-order valence-electron chi connectivity index (χ2n) is 15.4. The second kappa shape index (κ2) is 14.4. The molecular formula is C45H44N6O6. The Kier molecular flexibility index (Phi) is 8.94. The molecule has 57 heavy (non-hydrogen) atoms. The maximum Gasteiger partial charge on any atom is 0.264 e. The first-order chi connectivity index (χ1) is 27.9. The standard InChI is InChI=1S/C45H44N6O6/c1-47-15-14-30-21-33(24-46-43(30)47)51(32-10-12-35(52)13-11-32)45(54)38-27-50(39-9-5-4-8-36(38)39)40-23-42-41(56-28-57-42)22-37(40)44(53)49-25-31-7-3-2-6-29(31)20-34(49)26-48-16-18-55-19-17-48/h2-3,6-7,10-15,21-24,27,34,52H,4-5,8-9,16-20,25-26,28H2,1H3/t34-/m0/s1. The van der Waals surface area contributed by atoms with E-state index in [4.69, 9.17) is 19.2 Å². The highest BCUT2D eigenvalue weighted by atomic mass is 16.7. The van der Waals surface area contributed by atoms with Crippen LogP contribution in [0.2, 0.25) is 0 Å². The number of aromatic hydroxyl groups is 1. The molecule has 1 N–H and O–H groups in total. The fourth-order valence-corrected chi connectivity index (χ4v) is 9.03. The topological polar surface area (TPSA) is 115 Å². The fraction of sp³-hybridized carbons (Fsp3) is 0.311. The second-order valence-corrected chi connectivity index (χ2v) is 15.4. The van der Waals surface area contributed by atoms with Crippen molar-refractivity contribution in [3.8, 4) is 22.9 Å². The number of carbonyl (C=O) groups excluding carboxylic acids is 2. The SMILES string of the molecule is Cn1ccc2cc(N(C(=O)c3cn(-c4cc5c(cc4C(=O)N4Cc6ccccc6C[C@H]4CN4CCOCC4)OCO5)c4c3CCCC4)c3ccc(O)cc3)cnc21. The lowest BCUT2D eigenvalue weighted by Crippen LogP contribution is -2.52. The molecule has 2 amide bonds. The smallest absolute Gasteiger partial charge is 0.264 e. The van der Waals surface area contributed by atoms with Gasteiger partial charge < -0.3 is 33.4 Å². The number of aryl methyl sites for hydroxylation is 1.